The molecule has 17 heteroatoms. The Kier molecular flexibility index (Phi) is 12.6. The zero-order valence-electron chi connectivity index (χ0n) is 28.5. The highest BCUT2D eigenvalue weighted by atomic mass is 19.4. The van der Waals surface area contributed by atoms with Crippen LogP contribution >= 0.6 is 0 Å². The summed E-state index contributed by atoms with van der Waals surface area (Å²) in [7, 11) is 1.88. The predicted octanol–water partition coefficient (Wildman–Crippen LogP) is 5.08. The molecule has 1 aromatic carbocycles. The van der Waals surface area contributed by atoms with Crippen LogP contribution in [0.15, 0.2) is 67.3 Å². The number of halogens is 3. The van der Waals surface area contributed by atoms with Gasteiger partial charge < -0.3 is 26.4 Å². The number of carbonyl (C=O) groups excluding carboxylic acids is 1. The number of alkyl halides is 3. The number of nitrogens with zero attached hydrogens (tertiary/aromatic N) is 7. The number of benzene rings is 1. The molecule has 2 fully saturated rings. The quantitative estimate of drug-likeness (QED) is 0.147. The minimum atomic E-state index is -5.08. The van der Waals surface area contributed by atoms with E-state index in [0.717, 1.165) is 68.3 Å². The van der Waals surface area contributed by atoms with Crippen molar-refractivity contribution in [2.24, 2.45) is 7.05 Å². The standard InChI is InChI=1S/C33H39N11O.C2HF3O2/c1-43-22-26(20-40-43)24-9-14-30(36-18-24)44(33(45)39-17-23-6-3-2-4-7-23)29-12-10-27(11-13-29)41-32-38-19-25(16-34)31(42-32)37-21-28-8-5-15-35-28;3-2(4,5)1(6)7/h2-4,6-7,9,14,18-20,22,27-29,35H,5,8,10-13,15,17,21H2,1H3,(H,39,45)(H2,37,38,41,42);(H,6,7)/t27-,28?,29-;. The minimum Gasteiger partial charge on any atom is -0.475 e. The molecule has 3 aromatic heterocycles. The van der Waals surface area contributed by atoms with Crippen LogP contribution in [0.25, 0.3) is 11.1 Å². The maximum atomic E-state index is 13.7. The van der Waals surface area contributed by atoms with Gasteiger partial charge in [-0.15, -0.1) is 0 Å². The van der Waals surface area contributed by atoms with Gasteiger partial charge in [0.25, 0.3) is 0 Å². The molecule has 5 N–H and O–H groups in total. The first-order valence-corrected chi connectivity index (χ1v) is 16.9. The van der Waals surface area contributed by atoms with Crippen molar-refractivity contribution in [2.75, 3.05) is 28.6 Å². The number of urea groups is 1. The molecule has 1 aliphatic heterocycles. The molecule has 274 valence electrons. The summed E-state index contributed by atoms with van der Waals surface area (Å²) in [4.78, 5) is 38.2. The van der Waals surface area contributed by atoms with Gasteiger partial charge in [0.1, 0.15) is 23.3 Å². The lowest BCUT2D eigenvalue weighted by Crippen LogP contribution is -2.49. The number of aromatic nitrogens is 5. The van der Waals surface area contributed by atoms with Crippen LogP contribution in [-0.2, 0) is 18.4 Å². The molecule has 4 aromatic rings. The van der Waals surface area contributed by atoms with E-state index in [2.05, 4.69) is 42.4 Å². The van der Waals surface area contributed by atoms with Crippen molar-refractivity contribution >= 4 is 29.6 Å². The predicted molar refractivity (Wildman–Crippen MR) is 187 cm³/mol. The Morgan fingerprint density at radius 1 is 1.04 bits per heavy atom. The molecule has 0 spiro atoms. The van der Waals surface area contributed by atoms with Gasteiger partial charge in [-0.3, -0.25) is 9.58 Å². The maximum Gasteiger partial charge on any atom is 0.490 e. The largest absolute Gasteiger partial charge is 0.490 e. The molecule has 1 saturated heterocycles. The maximum absolute atomic E-state index is 13.7. The summed E-state index contributed by atoms with van der Waals surface area (Å²) < 4.78 is 33.5. The van der Waals surface area contributed by atoms with Gasteiger partial charge in [-0.1, -0.05) is 30.3 Å². The van der Waals surface area contributed by atoms with Gasteiger partial charge in [0.2, 0.25) is 5.95 Å². The SMILES string of the molecule is Cn1cc(-c2ccc(N(C(=O)NCc3ccccc3)[C@H]3CC[C@H](Nc4ncc(C#N)c(NCC5CCCN5)n4)CC3)nc2)cn1.O=C(O)C(F)(F)F. The topological polar surface area (TPSA) is 186 Å². The monoisotopic (exact) mass is 719 g/mol. The fourth-order valence-electron chi connectivity index (χ4n) is 6.06. The second-order valence-electron chi connectivity index (χ2n) is 12.5. The lowest BCUT2D eigenvalue weighted by atomic mass is 9.90. The number of anilines is 3. The van der Waals surface area contributed by atoms with Crippen molar-refractivity contribution in [1.82, 2.24) is 35.4 Å². The molecule has 1 aliphatic carbocycles. The number of nitrogens with one attached hydrogen (secondary N) is 4. The van der Waals surface area contributed by atoms with Crippen molar-refractivity contribution < 1.29 is 27.9 Å². The van der Waals surface area contributed by atoms with Crippen LogP contribution in [0.5, 0.6) is 0 Å². The number of carbonyl (C=O) groups is 2. The third-order valence-corrected chi connectivity index (χ3v) is 8.76. The highest BCUT2D eigenvalue weighted by Gasteiger charge is 2.38. The van der Waals surface area contributed by atoms with Gasteiger partial charge >= 0.3 is 18.2 Å². The first kappa shape index (κ1) is 37.5. The van der Waals surface area contributed by atoms with Crippen LogP contribution in [0.1, 0.15) is 49.7 Å². The molecule has 14 nitrogen and oxygen atoms in total. The average Bonchev–Trinajstić information content (AvgIpc) is 3.83. The third kappa shape index (κ3) is 10.4. The molecule has 2 aliphatic rings. The number of pyridine rings is 1. The molecule has 0 radical (unpaired) electrons. The van der Waals surface area contributed by atoms with Crippen molar-refractivity contribution in [3.05, 3.63) is 78.4 Å². The Hall–Kier alpha value is -5.76. The molecule has 4 heterocycles. The van der Waals surface area contributed by atoms with Crippen LogP contribution in [-0.4, -0.2) is 79.2 Å². The van der Waals surface area contributed by atoms with Gasteiger partial charge in [-0.05, 0) is 62.8 Å². The number of carboxylic acids is 1. The van der Waals surface area contributed by atoms with Crippen molar-refractivity contribution in [2.45, 2.75) is 69.4 Å². The Morgan fingerprint density at radius 2 is 1.79 bits per heavy atom. The normalized spacial score (nSPS) is 18.3. The fraction of sp³-hybridized carbons (Fsp3) is 0.400. The average molecular weight is 720 g/mol. The van der Waals surface area contributed by atoms with E-state index in [-0.39, 0.29) is 18.1 Å². The number of amides is 2. The summed E-state index contributed by atoms with van der Waals surface area (Å²) in [5.74, 6) is -1.08. The number of aryl methyl sites for hydroxylation is 1. The highest BCUT2D eigenvalue weighted by Crippen LogP contribution is 2.30. The van der Waals surface area contributed by atoms with Crippen LogP contribution < -0.4 is 26.2 Å². The number of aliphatic carboxylic acids is 1. The molecular formula is C35H40F3N11O3. The van der Waals surface area contributed by atoms with Gasteiger partial charge in [-0.25, -0.2) is 19.6 Å². The second-order valence-corrected chi connectivity index (χ2v) is 12.5. The van der Waals surface area contributed by atoms with E-state index >= 15 is 0 Å². The Morgan fingerprint density at radius 3 is 2.38 bits per heavy atom. The van der Waals surface area contributed by atoms with Crippen LogP contribution in [0, 0.1) is 11.3 Å². The zero-order valence-corrected chi connectivity index (χ0v) is 28.5. The molecule has 2 amide bonds. The third-order valence-electron chi connectivity index (χ3n) is 8.76. The van der Waals surface area contributed by atoms with Crippen LogP contribution in [0.3, 0.4) is 0 Å². The molecule has 0 bridgehead atoms. The Balaban J connectivity index is 0.000000679. The van der Waals surface area contributed by atoms with E-state index in [1.807, 2.05) is 60.6 Å². The summed E-state index contributed by atoms with van der Waals surface area (Å²) >= 11 is 0. The lowest BCUT2D eigenvalue weighted by molar-refractivity contribution is -0.192. The van der Waals surface area contributed by atoms with Crippen molar-refractivity contribution in [3.8, 4) is 17.2 Å². The molecule has 1 saturated carbocycles. The molecule has 1 atom stereocenters. The number of rotatable bonds is 10. The molecular weight excluding hydrogens is 679 g/mol. The zero-order chi connectivity index (χ0) is 37.1. The summed E-state index contributed by atoms with van der Waals surface area (Å²) in [5, 5.41) is 34.3. The van der Waals surface area contributed by atoms with E-state index in [9.17, 15) is 23.2 Å². The number of nitriles is 1. The first-order valence-electron chi connectivity index (χ1n) is 16.9. The van der Waals surface area contributed by atoms with Crippen LogP contribution in [0.2, 0.25) is 0 Å². The second kappa shape index (κ2) is 17.4. The van der Waals surface area contributed by atoms with Crippen LogP contribution in [0.4, 0.5) is 35.5 Å². The summed E-state index contributed by atoms with van der Waals surface area (Å²) in [5.41, 5.74) is 3.39. The minimum absolute atomic E-state index is 0.0198. The number of hydrogen-bond acceptors (Lipinski definition) is 10. The number of hydrogen-bond donors (Lipinski definition) is 5. The Bertz CT molecular complexity index is 1820. The molecule has 6 rings (SSSR count). The van der Waals surface area contributed by atoms with E-state index < -0.39 is 12.1 Å². The fourth-order valence-corrected chi connectivity index (χ4v) is 6.06. The smallest absolute Gasteiger partial charge is 0.475 e. The number of carboxylic acid groups (broad SMARTS) is 1. The first-order chi connectivity index (χ1) is 25.0. The molecule has 1 unspecified atom stereocenters. The van der Waals surface area contributed by atoms with E-state index in [1.165, 1.54) is 0 Å². The highest BCUT2D eigenvalue weighted by molar-refractivity contribution is 5.91. The van der Waals surface area contributed by atoms with E-state index in [1.54, 1.807) is 23.3 Å². The lowest BCUT2D eigenvalue weighted by Gasteiger charge is -2.36. The van der Waals surface area contributed by atoms with Gasteiger partial charge in [0.05, 0.1) is 12.4 Å². The van der Waals surface area contributed by atoms with Gasteiger partial charge in [0.15, 0.2) is 0 Å². The summed E-state index contributed by atoms with van der Waals surface area (Å²) in [6.07, 6.45) is 7.55. The van der Waals surface area contributed by atoms with E-state index in [0.29, 0.717) is 35.7 Å². The Labute approximate surface area is 298 Å². The summed E-state index contributed by atoms with van der Waals surface area (Å²) in [6, 6.07) is 16.3. The van der Waals surface area contributed by atoms with E-state index in [4.69, 9.17) is 14.9 Å². The van der Waals surface area contributed by atoms with Gasteiger partial charge in [-0.2, -0.15) is 28.5 Å². The molecule has 52 heavy (non-hydrogen) atoms. The van der Waals surface area contributed by atoms with Gasteiger partial charge in [0, 0.05) is 61.8 Å². The van der Waals surface area contributed by atoms with Crippen molar-refractivity contribution in [3.63, 3.8) is 0 Å². The van der Waals surface area contributed by atoms with Crippen molar-refractivity contribution in [1.29, 1.82) is 5.26 Å². The summed E-state index contributed by atoms with van der Waals surface area (Å²) in [6.45, 7) is 2.18.